The van der Waals surface area contributed by atoms with Crippen molar-refractivity contribution in [2.75, 3.05) is 12.4 Å². The van der Waals surface area contributed by atoms with E-state index < -0.39 is 0 Å². The number of anilines is 1. The number of hydrogen-bond acceptors (Lipinski definition) is 4. The van der Waals surface area contributed by atoms with Crippen LogP contribution in [-0.4, -0.2) is 27.2 Å². The van der Waals surface area contributed by atoms with Crippen LogP contribution >= 0.6 is 0 Å². The standard InChI is InChI=1S/C24H24N4O3/c1-16(2)17-4-8-19(9-5-17)25-23(29)15-27-12-13-28-22(24(27)30)14-21(26-28)18-6-10-20(31-3)11-7-18/h4-14,16H,15H2,1-3H3,(H,25,29). The van der Waals surface area contributed by atoms with E-state index in [1.165, 1.54) is 14.6 Å². The first-order valence-electron chi connectivity index (χ1n) is 10.1. The third-order valence-corrected chi connectivity index (χ3v) is 5.16. The fraction of sp³-hybridized carbons (Fsp3) is 0.208. The van der Waals surface area contributed by atoms with Gasteiger partial charge in [-0.05, 0) is 53.9 Å². The number of benzene rings is 2. The number of methoxy groups -OCH3 is 1. The largest absolute Gasteiger partial charge is 0.497 e. The number of hydrogen-bond donors (Lipinski definition) is 1. The molecule has 0 aliphatic heterocycles. The molecule has 0 radical (unpaired) electrons. The van der Waals surface area contributed by atoms with Crippen molar-refractivity contribution in [3.63, 3.8) is 0 Å². The maximum absolute atomic E-state index is 12.9. The summed E-state index contributed by atoms with van der Waals surface area (Å²) in [6.45, 7) is 4.16. The molecule has 0 saturated heterocycles. The first-order chi connectivity index (χ1) is 14.9. The molecule has 0 aliphatic carbocycles. The minimum absolute atomic E-state index is 0.0791. The molecule has 4 aromatic rings. The lowest BCUT2D eigenvalue weighted by Crippen LogP contribution is -2.28. The van der Waals surface area contributed by atoms with Crippen LogP contribution in [0.4, 0.5) is 5.69 Å². The molecule has 158 valence electrons. The van der Waals surface area contributed by atoms with E-state index in [1.807, 2.05) is 48.5 Å². The minimum Gasteiger partial charge on any atom is -0.497 e. The number of rotatable bonds is 6. The van der Waals surface area contributed by atoms with Gasteiger partial charge in [0, 0.05) is 23.6 Å². The molecular weight excluding hydrogens is 392 g/mol. The first kappa shape index (κ1) is 20.4. The van der Waals surface area contributed by atoms with Crippen LogP contribution in [0, 0.1) is 0 Å². The Labute approximate surface area is 179 Å². The highest BCUT2D eigenvalue weighted by atomic mass is 16.5. The van der Waals surface area contributed by atoms with Gasteiger partial charge in [-0.1, -0.05) is 26.0 Å². The molecule has 4 rings (SSSR count). The molecule has 7 nitrogen and oxygen atoms in total. The average molecular weight is 416 g/mol. The van der Waals surface area contributed by atoms with Gasteiger partial charge in [-0.3, -0.25) is 9.59 Å². The summed E-state index contributed by atoms with van der Waals surface area (Å²) in [7, 11) is 1.61. The Morgan fingerprint density at radius 1 is 1.06 bits per heavy atom. The van der Waals surface area contributed by atoms with Crippen molar-refractivity contribution in [1.82, 2.24) is 14.2 Å². The lowest BCUT2D eigenvalue weighted by molar-refractivity contribution is -0.116. The molecule has 0 unspecified atom stereocenters. The molecule has 7 heteroatoms. The highest BCUT2D eigenvalue weighted by Gasteiger charge is 2.12. The third-order valence-electron chi connectivity index (χ3n) is 5.16. The second-order valence-electron chi connectivity index (χ2n) is 7.64. The Morgan fingerprint density at radius 3 is 2.42 bits per heavy atom. The molecule has 0 aliphatic rings. The van der Waals surface area contributed by atoms with E-state index in [0.717, 1.165) is 11.3 Å². The Bertz CT molecular complexity index is 1270. The van der Waals surface area contributed by atoms with Gasteiger partial charge in [-0.25, -0.2) is 4.52 Å². The molecule has 2 aromatic carbocycles. The second kappa shape index (κ2) is 8.47. The Balaban J connectivity index is 1.53. The zero-order valence-electron chi connectivity index (χ0n) is 17.7. The van der Waals surface area contributed by atoms with E-state index in [9.17, 15) is 9.59 Å². The predicted molar refractivity (Wildman–Crippen MR) is 121 cm³/mol. The predicted octanol–water partition coefficient (Wildman–Crippen LogP) is 3.93. The molecule has 0 atom stereocenters. The maximum Gasteiger partial charge on any atom is 0.277 e. The average Bonchev–Trinajstić information content (AvgIpc) is 3.21. The maximum atomic E-state index is 12.9. The van der Waals surface area contributed by atoms with Crippen LogP contribution in [-0.2, 0) is 11.3 Å². The number of nitrogens with one attached hydrogen (secondary N) is 1. The van der Waals surface area contributed by atoms with Gasteiger partial charge in [0.1, 0.15) is 17.8 Å². The van der Waals surface area contributed by atoms with Crippen molar-refractivity contribution in [2.24, 2.45) is 0 Å². The van der Waals surface area contributed by atoms with Crippen molar-refractivity contribution in [2.45, 2.75) is 26.3 Å². The highest BCUT2D eigenvalue weighted by Crippen LogP contribution is 2.21. The van der Waals surface area contributed by atoms with Crippen molar-refractivity contribution >= 4 is 17.1 Å². The molecule has 31 heavy (non-hydrogen) atoms. The molecule has 0 saturated carbocycles. The van der Waals surface area contributed by atoms with Gasteiger partial charge in [-0.2, -0.15) is 5.10 Å². The molecule has 0 fully saturated rings. The number of ether oxygens (including phenoxy) is 1. The smallest absolute Gasteiger partial charge is 0.277 e. The van der Waals surface area contributed by atoms with Crippen LogP contribution in [0.2, 0.25) is 0 Å². The van der Waals surface area contributed by atoms with E-state index in [2.05, 4.69) is 24.3 Å². The Morgan fingerprint density at radius 2 is 1.77 bits per heavy atom. The summed E-state index contributed by atoms with van der Waals surface area (Å²) in [4.78, 5) is 25.4. The van der Waals surface area contributed by atoms with E-state index in [-0.39, 0.29) is 18.0 Å². The van der Waals surface area contributed by atoms with E-state index in [0.29, 0.717) is 22.8 Å². The van der Waals surface area contributed by atoms with Crippen LogP contribution in [0.1, 0.15) is 25.3 Å². The number of carbonyl (C=O) groups is 1. The normalized spacial score (nSPS) is 11.1. The fourth-order valence-corrected chi connectivity index (χ4v) is 3.36. The fourth-order valence-electron chi connectivity index (χ4n) is 3.36. The van der Waals surface area contributed by atoms with E-state index in [1.54, 1.807) is 25.6 Å². The lowest BCUT2D eigenvalue weighted by atomic mass is 10.0. The number of fused-ring (bicyclic) bond motifs is 1. The second-order valence-corrected chi connectivity index (χ2v) is 7.64. The van der Waals surface area contributed by atoms with Crippen molar-refractivity contribution in [1.29, 1.82) is 0 Å². The summed E-state index contributed by atoms with van der Waals surface area (Å²) in [6, 6.07) is 16.9. The minimum atomic E-state index is -0.278. The number of carbonyl (C=O) groups excluding carboxylic acids is 1. The summed E-state index contributed by atoms with van der Waals surface area (Å²) in [5.74, 6) is 0.909. The van der Waals surface area contributed by atoms with Gasteiger partial charge < -0.3 is 14.6 Å². The summed E-state index contributed by atoms with van der Waals surface area (Å²) in [6.07, 6.45) is 3.25. The Kier molecular flexibility index (Phi) is 5.58. The van der Waals surface area contributed by atoms with Gasteiger partial charge in [0.15, 0.2) is 0 Å². The topological polar surface area (TPSA) is 77.6 Å². The summed E-state index contributed by atoms with van der Waals surface area (Å²) >= 11 is 0. The summed E-state index contributed by atoms with van der Waals surface area (Å²) < 4.78 is 8.09. The molecule has 1 N–H and O–H groups in total. The van der Waals surface area contributed by atoms with Gasteiger partial charge in [0.2, 0.25) is 5.91 Å². The van der Waals surface area contributed by atoms with Crippen molar-refractivity contribution in [3.05, 3.63) is 82.9 Å². The summed E-state index contributed by atoms with van der Waals surface area (Å²) in [5, 5.41) is 7.31. The Hall–Kier alpha value is -3.87. The van der Waals surface area contributed by atoms with Gasteiger partial charge in [0.05, 0.1) is 12.8 Å². The zero-order chi connectivity index (χ0) is 22.0. The third kappa shape index (κ3) is 4.35. The molecular formula is C24H24N4O3. The molecule has 2 aromatic heterocycles. The van der Waals surface area contributed by atoms with Gasteiger partial charge in [-0.15, -0.1) is 0 Å². The number of amides is 1. The van der Waals surface area contributed by atoms with E-state index >= 15 is 0 Å². The molecule has 0 spiro atoms. The highest BCUT2D eigenvalue weighted by molar-refractivity contribution is 5.90. The number of nitrogens with zero attached hydrogens (tertiary/aromatic N) is 3. The summed E-state index contributed by atoms with van der Waals surface area (Å²) in [5.41, 5.74) is 3.58. The van der Waals surface area contributed by atoms with Crippen molar-refractivity contribution in [3.8, 4) is 17.0 Å². The van der Waals surface area contributed by atoms with E-state index in [4.69, 9.17) is 4.74 Å². The lowest BCUT2D eigenvalue weighted by Gasteiger charge is -2.09. The van der Waals surface area contributed by atoms with Crippen LogP contribution in [0.15, 0.2) is 71.8 Å². The van der Waals surface area contributed by atoms with Crippen LogP contribution in [0.3, 0.4) is 0 Å². The van der Waals surface area contributed by atoms with Crippen LogP contribution in [0.5, 0.6) is 5.75 Å². The quantitative estimate of drug-likeness (QED) is 0.517. The van der Waals surface area contributed by atoms with Gasteiger partial charge in [0.25, 0.3) is 5.56 Å². The number of aromatic nitrogens is 3. The van der Waals surface area contributed by atoms with Gasteiger partial charge >= 0.3 is 0 Å². The zero-order valence-corrected chi connectivity index (χ0v) is 17.7. The SMILES string of the molecule is COc1ccc(-c2cc3c(=O)n(CC(=O)Nc4ccc(C(C)C)cc4)ccn3n2)cc1. The molecule has 2 heterocycles. The van der Waals surface area contributed by atoms with Crippen LogP contribution < -0.4 is 15.6 Å². The molecule has 1 amide bonds. The van der Waals surface area contributed by atoms with Crippen molar-refractivity contribution < 1.29 is 9.53 Å². The first-order valence-corrected chi connectivity index (χ1v) is 10.1. The van der Waals surface area contributed by atoms with Crippen LogP contribution in [0.25, 0.3) is 16.8 Å². The molecule has 0 bridgehead atoms. The monoisotopic (exact) mass is 416 g/mol.